The van der Waals surface area contributed by atoms with E-state index in [9.17, 15) is 27.9 Å². The summed E-state index contributed by atoms with van der Waals surface area (Å²) in [5.74, 6) is -4.26. The molecule has 2 atom stereocenters. The van der Waals surface area contributed by atoms with Crippen LogP contribution < -0.4 is 0 Å². The van der Waals surface area contributed by atoms with Crippen molar-refractivity contribution < 1.29 is 32.6 Å². The van der Waals surface area contributed by atoms with Crippen LogP contribution in [0.25, 0.3) is 0 Å². The van der Waals surface area contributed by atoms with Crippen LogP contribution >= 0.6 is 0 Å². The monoisotopic (exact) mass is 324 g/mol. The Kier molecular flexibility index (Phi) is 5.87. The molecular weight excluding hydrogens is 301 g/mol. The summed E-state index contributed by atoms with van der Waals surface area (Å²) in [5, 5.41) is 9.25. The molecule has 128 valence electrons. The lowest BCUT2D eigenvalue weighted by Crippen LogP contribution is -2.36. The Hall–Kier alpha value is -1.27. The summed E-state index contributed by atoms with van der Waals surface area (Å²) in [7, 11) is 0. The highest BCUT2D eigenvalue weighted by Gasteiger charge is 2.42. The summed E-state index contributed by atoms with van der Waals surface area (Å²) in [5.41, 5.74) is -0.800. The summed E-state index contributed by atoms with van der Waals surface area (Å²) in [6, 6.07) is 0. The van der Waals surface area contributed by atoms with Gasteiger partial charge in [-0.1, -0.05) is 12.8 Å². The van der Waals surface area contributed by atoms with Gasteiger partial charge in [0.15, 0.2) is 0 Å². The van der Waals surface area contributed by atoms with Gasteiger partial charge in [-0.2, -0.15) is 13.2 Å². The van der Waals surface area contributed by atoms with E-state index in [4.69, 9.17) is 4.74 Å². The average molecular weight is 324 g/mol. The highest BCUT2D eigenvalue weighted by molar-refractivity contribution is 5.81. The second-order valence-electron chi connectivity index (χ2n) is 6.92. The zero-order valence-electron chi connectivity index (χ0n) is 13.1. The number of carbonyl (C=O) groups excluding carboxylic acids is 1. The van der Waals surface area contributed by atoms with Crippen LogP contribution in [0.5, 0.6) is 0 Å². The van der Waals surface area contributed by atoms with Crippen LogP contribution in [0.2, 0.25) is 0 Å². The van der Waals surface area contributed by atoms with Crippen LogP contribution in [0.1, 0.15) is 52.9 Å². The molecule has 1 N–H and O–H groups in total. The fourth-order valence-electron chi connectivity index (χ4n) is 2.33. The second-order valence-corrected chi connectivity index (χ2v) is 6.92. The van der Waals surface area contributed by atoms with Crippen LogP contribution in [-0.4, -0.2) is 28.8 Å². The minimum absolute atomic E-state index is 0.213. The van der Waals surface area contributed by atoms with Crippen molar-refractivity contribution in [1.29, 1.82) is 0 Å². The van der Waals surface area contributed by atoms with E-state index in [0.29, 0.717) is 0 Å². The predicted molar refractivity (Wildman–Crippen MR) is 73.1 cm³/mol. The molecular formula is C15H23F3O4. The number of aliphatic carboxylic acids is 1. The highest BCUT2D eigenvalue weighted by Crippen LogP contribution is 2.40. The fraction of sp³-hybridized carbons (Fsp3) is 0.867. The molecule has 0 saturated heterocycles. The number of rotatable bonds is 7. The van der Waals surface area contributed by atoms with Crippen LogP contribution in [0.4, 0.5) is 13.2 Å². The number of carboxylic acid groups (broad SMARTS) is 1. The van der Waals surface area contributed by atoms with Gasteiger partial charge in [-0.3, -0.25) is 9.59 Å². The lowest BCUT2D eigenvalue weighted by atomic mass is 9.84. The van der Waals surface area contributed by atoms with E-state index in [-0.39, 0.29) is 12.3 Å². The van der Waals surface area contributed by atoms with Crippen LogP contribution in [0.15, 0.2) is 0 Å². The molecule has 0 radical (unpaired) electrons. The largest absolute Gasteiger partial charge is 0.481 e. The first-order valence-corrected chi connectivity index (χ1v) is 7.41. The van der Waals surface area contributed by atoms with Gasteiger partial charge in [-0.15, -0.1) is 0 Å². The zero-order valence-corrected chi connectivity index (χ0v) is 13.1. The number of hydrogen-bond acceptors (Lipinski definition) is 3. The van der Waals surface area contributed by atoms with Crippen molar-refractivity contribution in [3.8, 4) is 0 Å². The Balaban J connectivity index is 2.84. The first-order chi connectivity index (χ1) is 9.89. The average Bonchev–Trinajstić information content (AvgIpc) is 3.07. The van der Waals surface area contributed by atoms with Crippen molar-refractivity contribution in [1.82, 2.24) is 0 Å². The first-order valence-electron chi connectivity index (χ1n) is 7.41. The number of esters is 1. The van der Waals surface area contributed by atoms with Gasteiger partial charge in [0, 0.05) is 6.42 Å². The van der Waals surface area contributed by atoms with Crippen molar-refractivity contribution in [2.45, 2.75) is 64.7 Å². The summed E-state index contributed by atoms with van der Waals surface area (Å²) < 4.78 is 42.4. The van der Waals surface area contributed by atoms with Gasteiger partial charge in [-0.05, 0) is 39.5 Å². The smallest absolute Gasteiger partial charge is 0.389 e. The van der Waals surface area contributed by atoms with Crippen molar-refractivity contribution >= 4 is 11.9 Å². The van der Waals surface area contributed by atoms with Gasteiger partial charge in [0.2, 0.25) is 0 Å². The Morgan fingerprint density at radius 3 is 2.09 bits per heavy atom. The number of carbonyl (C=O) groups is 2. The Morgan fingerprint density at radius 2 is 1.73 bits per heavy atom. The van der Waals surface area contributed by atoms with Crippen molar-refractivity contribution in [3.63, 3.8) is 0 Å². The SMILES string of the molecule is CC(C)(C)OC(=O)[C@@H](CC1CC1)[C@@H](CCC(F)(F)F)C(=O)O. The summed E-state index contributed by atoms with van der Waals surface area (Å²) >= 11 is 0. The van der Waals surface area contributed by atoms with E-state index in [1.807, 2.05) is 0 Å². The molecule has 0 amide bonds. The molecule has 0 aromatic carbocycles. The maximum Gasteiger partial charge on any atom is 0.389 e. The number of halogens is 3. The van der Waals surface area contributed by atoms with Gasteiger partial charge in [-0.25, -0.2) is 0 Å². The molecule has 7 heteroatoms. The minimum atomic E-state index is -4.44. The van der Waals surface area contributed by atoms with Crippen LogP contribution in [-0.2, 0) is 14.3 Å². The molecule has 1 aliphatic rings. The lowest BCUT2D eigenvalue weighted by Gasteiger charge is -2.27. The number of ether oxygens (including phenoxy) is 1. The van der Waals surface area contributed by atoms with Crippen molar-refractivity contribution in [2.75, 3.05) is 0 Å². The summed E-state index contributed by atoms with van der Waals surface area (Å²) in [6.07, 6.45) is -4.21. The molecule has 22 heavy (non-hydrogen) atoms. The first kappa shape index (κ1) is 18.8. The third kappa shape index (κ3) is 7.13. The molecule has 0 aromatic rings. The van der Waals surface area contributed by atoms with Gasteiger partial charge in [0.1, 0.15) is 5.60 Å². The van der Waals surface area contributed by atoms with Gasteiger partial charge in [0.05, 0.1) is 11.8 Å². The normalized spacial score (nSPS) is 18.6. The van der Waals surface area contributed by atoms with Crippen molar-refractivity contribution in [2.24, 2.45) is 17.8 Å². The second kappa shape index (κ2) is 6.87. The number of hydrogen-bond donors (Lipinski definition) is 1. The number of carboxylic acids is 1. The van der Waals surface area contributed by atoms with E-state index in [2.05, 4.69) is 0 Å². The van der Waals surface area contributed by atoms with Gasteiger partial charge in [0.25, 0.3) is 0 Å². The van der Waals surface area contributed by atoms with Gasteiger partial charge >= 0.3 is 18.1 Å². The molecule has 0 heterocycles. The maximum atomic E-state index is 12.4. The Labute approximate surface area is 128 Å². The van der Waals surface area contributed by atoms with Crippen LogP contribution in [0.3, 0.4) is 0 Å². The van der Waals surface area contributed by atoms with Gasteiger partial charge < -0.3 is 9.84 Å². The molecule has 0 spiro atoms. The Morgan fingerprint density at radius 1 is 1.18 bits per heavy atom. The molecule has 4 nitrogen and oxygen atoms in total. The predicted octanol–water partition coefficient (Wildman–Crippen LogP) is 3.79. The summed E-state index contributed by atoms with van der Waals surface area (Å²) in [6.45, 7) is 4.93. The van der Waals surface area contributed by atoms with E-state index in [1.54, 1.807) is 20.8 Å². The molecule has 0 aromatic heterocycles. The minimum Gasteiger partial charge on any atom is -0.481 e. The molecule has 1 fully saturated rings. The lowest BCUT2D eigenvalue weighted by molar-refractivity contribution is -0.170. The van der Waals surface area contributed by atoms with Crippen LogP contribution in [0, 0.1) is 17.8 Å². The third-order valence-corrected chi connectivity index (χ3v) is 3.54. The zero-order chi connectivity index (χ0) is 17.1. The van der Waals surface area contributed by atoms with E-state index < -0.39 is 48.4 Å². The molecule has 1 aliphatic carbocycles. The van der Waals surface area contributed by atoms with E-state index >= 15 is 0 Å². The quantitative estimate of drug-likeness (QED) is 0.724. The Bertz CT molecular complexity index is 408. The van der Waals surface area contributed by atoms with E-state index in [1.165, 1.54) is 0 Å². The molecule has 0 aliphatic heterocycles. The highest BCUT2D eigenvalue weighted by atomic mass is 19.4. The topological polar surface area (TPSA) is 63.6 Å². The molecule has 1 saturated carbocycles. The van der Waals surface area contributed by atoms with E-state index in [0.717, 1.165) is 12.8 Å². The maximum absolute atomic E-state index is 12.4. The molecule has 1 rings (SSSR count). The standard InChI is InChI=1S/C15H23F3O4/c1-14(2,3)22-13(21)11(8-9-4-5-9)10(12(19)20)6-7-15(16,17)18/h9-11H,4-8H2,1-3H3,(H,19,20)/t10-,11+/m1/s1. The van der Waals surface area contributed by atoms with Crippen molar-refractivity contribution in [3.05, 3.63) is 0 Å². The number of alkyl halides is 3. The molecule has 0 bridgehead atoms. The fourth-order valence-corrected chi connectivity index (χ4v) is 2.33. The molecule has 0 unspecified atom stereocenters. The summed E-state index contributed by atoms with van der Waals surface area (Å²) in [4.78, 5) is 23.6. The third-order valence-electron chi connectivity index (χ3n) is 3.54.